The zero-order valence-electron chi connectivity index (χ0n) is 24.1. The lowest BCUT2D eigenvalue weighted by Crippen LogP contribution is -2.50. The summed E-state index contributed by atoms with van der Waals surface area (Å²) in [6, 6.07) is 14.6. The van der Waals surface area contributed by atoms with E-state index < -0.39 is 35.4 Å². The number of aliphatic hydroxyl groups excluding tert-OH is 1. The van der Waals surface area contributed by atoms with Gasteiger partial charge in [-0.05, 0) is 69.2 Å². The summed E-state index contributed by atoms with van der Waals surface area (Å²) in [5, 5.41) is 11.9. The second-order valence-electron chi connectivity index (χ2n) is 10.5. The lowest BCUT2D eigenvalue weighted by Gasteiger charge is -2.31. The van der Waals surface area contributed by atoms with Crippen LogP contribution in [0, 0.1) is 0 Å². The Balaban J connectivity index is 2.02. The summed E-state index contributed by atoms with van der Waals surface area (Å²) >= 11 is 3.46. The van der Waals surface area contributed by atoms with E-state index in [2.05, 4.69) is 21.2 Å². The van der Waals surface area contributed by atoms with E-state index in [1.165, 1.54) is 14.2 Å². The van der Waals surface area contributed by atoms with Gasteiger partial charge in [0.25, 0.3) is 5.91 Å². The lowest BCUT2D eigenvalue weighted by atomic mass is 9.83. The molecule has 0 fully saturated rings. The molecule has 1 amide bonds. The van der Waals surface area contributed by atoms with Crippen molar-refractivity contribution in [3.8, 4) is 5.75 Å². The molecule has 0 saturated carbocycles. The van der Waals surface area contributed by atoms with E-state index in [9.17, 15) is 9.59 Å². The molecule has 1 aliphatic rings. The van der Waals surface area contributed by atoms with E-state index in [0.717, 1.165) is 4.47 Å². The van der Waals surface area contributed by atoms with Gasteiger partial charge in [-0.2, -0.15) is 0 Å². The maximum Gasteiger partial charge on any atom is 0.306 e. The molecule has 1 heterocycles. The fourth-order valence-corrected chi connectivity index (χ4v) is 4.55. The number of carbonyl (C=O) groups is 2. The van der Waals surface area contributed by atoms with E-state index in [1.54, 1.807) is 45.0 Å². The average Bonchev–Trinajstić information content (AvgIpc) is 3.33. The first-order chi connectivity index (χ1) is 19.5. The zero-order chi connectivity index (χ0) is 30.0. The molecular formula is C30H39BrN2O8. The highest BCUT2D eigenvalue weighted by Crippen LogP contribution is 2.43. The largest absolute Gasteiger partial charge is 0.494 e. The second-order valence-corrected chi connectivity index (χ2v) is 11.5. The molecule has 0 bridgehead atoms. The first-order valence-corrected chi connectivity index (χ1v) is 14.2. The van der Waals surface area contributed by atoms with Gasteiger partial charge < -0.3 is 34.1 Å². The van der Waals surface area contributed by atoms with Crippen LogP contribution in [0.4, 0.5) is 0 Å². The van der Waals surface area contributed by atoms with Crippen molar-refractivity contribution >= 4 is 33.7 Å². The van der Waals surface area contributed by atoms with Gasteiger partial charge >= 0.3 is 5.97 Å². The number of aliphatic hydroxyl groups is 1. The normalized spacial score (nSPS) is 18.5. The highest BCUT2D eigenvalue weighted by atomic mass is 79.9. The molecule has 2 aromatic rings. The molecule has 3 rings (SSSR count). The Kier molecular flexibility index (Phi) is 11.7. The summed E-state index contributed by atoms with van der Waals surface area (Å²) in [5.41, 5.74) is -0.823. The van der Waals surface area contributed by atoms with Gasteiger partial charge in [-0.1, -0.05) is 28.1 Å². The number of amides is 1. The highest BCUT2D eigenvalue weighted by Gasteiger charge is 2.53. The van der Waals surface area contributed by atoms with Crippen LogP contribution in [0.3, 0.4) is 0 Å². The SMILES string of the molecule is COC(CNC(=O)[C@]1(CCC(=O)OC(C)(C)C)N=C(c2ccc(OCCCO)cc2)O[C@@H]1c1ccc(Br)cc1)OC. The summed E-state index contributed by atoms with van der Waals surface area (Å²) in [5.74, 6) is 0.00418. The van der Waals surface area contributed by atoms with Crippen molar-refractivity contribution in [1.82, 2.24) is 5.32 Å². The minimum Gasteiger partial charge on any atom is -0.494 e. The molecule has 224 valence electrons. The number of hydrogen-bond donors (Lipinski definition) is 2. The zero-order valence-corrected chi connectivity index (χ0v) is 25.7. The first kappa shape index (κ1) is 32.5. The van der Waals surface area contributed by atoms with E-state index in [-0.39, 0.29) is 31.9 Å². The molecule has 0 aromatic heterocycles. The number of rotatable bonds is 14. The van der Waals surface area contributed by atoms with Gasteiger partial charge in [-0.3, -0.25) is 9.59 Å². The van der Waals surface area contributed by atoms with Crippen molar-refractivity contribution in [3.63, 3.8) is 0 Å². The number of nitrogens with zero attached hydrogens (tertiary/aromatic N) is 1. The molecule has 10 nitrogen and oxygen atoms in total. The summed E-state index contributed by atoms with van der Waals surface area (Å²) in [6.45, 7) is 5.87. The quantitative estimate of drug-likeness (QED) is 0.179. The van der Waals surface area contributed by atoms with Gasteiger partial charge in [-0.15, -0.1) is 0 Å². The van der Waals surface area contributed by atoms with Crippen molar-refractivity contribution in [3.05, 3.63) is 64.1 Å². The molecule has 2 atom stereocenters. The second kappa shape index (κ2) is 14.8. The number of esters is 1. The van der Waals surface area contributed by atoms with Crippen LogP contribution in [0.2, 0.25) is 0 Å². The molecule has 0 saturated heterocycles. The van der Waals surface area contributed by atoms with Crippen LogP contribution >= 0.6 is 15.9 Å². The smallest absolute Gasteiger partial charge is 0.306 e. The van der Waals surface area contributed by atoms with E-state index in [1.807, 2.05) is 24.3 Å². The number of halogens is 1. The molecule has 2 aromatic carbocycles. The van der Waals surface area contributed by atoms with E-state index >= 15 is 0 Å². The van der Waals surface area contributed by atoms with Crippen LogP contribution in [0.15, 0.2) is 58.0 Å². The van der Waals surface area contributed by atoms with E-state index in [0.29, 0.717) is 29.9 Å². The topological polar surface area (TPSA) is 125 Å². The fraction of sp³-hybridized carbons (Fsp3) is 0.500. The third-order valence-electron chi connectivity index (χ3n) is 6.29. The maximum absolute atomic E-state index is 14.0. The van der Waals surface area contributed by atoms with Crippen molar-refractivity contribution in [2.24, 2.45) is 4.99 Å². The Hall–Kier alpha value is -2.99. The highest BCUT2D eigenvalue weighted by molar-refractivity contribution is 9.10. The number of hydrogen-bond acceptors (Lipinski definition) is 9. The predicted molar refractivity (Wildman–Crippen MR) is 157 cm³/mol. The molecule has 0 unspecified atom stereocenters. The number of ether oxygens (including phenoxy) is 5. The van der Waals surface area contributed by atoms with Crippen molar-refractivity contribution < 1.29 is 38.4 Å². The van der Waals surface area contributed by atoms with Crippen LogP contribution in [-0.2, 0) is 28.5 Å². The summed E-state index contributed by atoms with van der Waals surface area (Å²) in [6.07, 6.45) is -1.01. The molecule has 41 heavy (non-hydrogen) atoms. The Morgan fingerprint density at radius 1 is 1.10 bits per heavy atom. The third-order valence-corrected chi connectivity index (χ3v) is 6.82. The van der Waals surface area contributed by atoms with Gasteiger partial charge in [0.05, 0.1) is 13.2 Å². The van der Waals surface area contributed by atoms with Crippen LogP contribution < -0.4 is 10.1 Å². The minimum absolute atomic E-state index is 0.0327. The van der Waals surface area contributed by atoms with E-state index in [4.69, 9.17) is 33.8 Å². The molecular weight excluding hydrogens is 596 g/mol. The van der Waals surface area contributed by atoms with Gasteiger partial charge in [0.1, 0.15) is 11.4 Å². The van der Waals surface area contributed by atoms with Gasteiger partial charge in [-0.25, -0.2) is 4.99 Å². The summed E-state index contributed by atoms with van der Waals surface area (Å²) in [7, 11) is 2.96. The summed E-state index contributed by atoms with van der Waals surface area (Å²) < 4.78 is 29.0. The fourth-order valence-electron chi connectivity index (χ4n) is 4.29. The molecule has 0 aliphatic carbocycles. The predicted octanol–water partition coefficient (Wildman–Crippen LogP) is 4.32. The van der Waals surface area contributed by atoms with Gasteiger partial charge in [0.15, 0.2) is 17.9 Å². The average molecular weight is 636 g/mol. The molecule has 0 spiro atoms. The Labute approximate surface area is 249 Å². The lowest BCUT2D eigenvalue weighted by molar-refractivity contribution is -0.155. The molecule has 2 N–H and O–H groups in total. The first-order valence-electron chi connectivity index (χ1n) is 13.4. The molecule has 1 aliphatic heterocycles. The number of nitrogens with one attached hydrogen (secondary N) is 1. The number of aliphatic imine (C=N–C) groups is 1. The Bertz CT molecular complexity index is 1180. The van der Waals surface area contributed by atoms with Crippen LogP contribution in [0.1, 0.15) is 57.3 Å². The van der Waals surface area contributed by atoms with Crippen LogP contribution in [0.25, 0.3) is 0 Å². The van der Waals surface area contributed by atoms with Gasteiger partial charge in [0.2, 0.25) is 5.90 Å². The van der Waals surface area contributed by atoms with Crippen LogP contribution in [0.5, 0.6) is 5.75 Å². The maximum atomic E-state index is 14.0. The Morgan fingerprint density at radius 2 is 1.76 bits per heavy atom. The monoisotopic (exact) mass is 634 g/mol. The van der Waals surface area contributed by atoms with Crippen molar-refractivity contribution in [2.75, 3.05) is 34.0 Å². The van der Waals surface area contributed by atoms with Gasteiger partial charge in [0, 0.05) is 43.7 Å². The number of benzene rings is 2. The third kappa shape index (κ3) is 9.00. The standard InChI is InChI=1S/C30H39BrN2O8/c1-29(2,3)41-24(35)15-16-30(28(36)32-19-25(37-4)38-5)26(20-7-11-22(31)12-8-20)40-27(33-30)21-9-13-23(14-10-21)39-18-6-17-34/h7-14,25-26,34H,6,15-19H2,1-5H3,(H,32,36)/t26-,30-/m1/s1. The molecule has 11 heteroatoms. The number of carbonyl (C=O) groups excluding carboxylic acids is 2. The summed E-state index contributed by atoms with van der Waals surface area (Å²) in [4.78, 5) is 31.7. The molecule has 0 radical (unpaired) electrons. The Morgan fingerprint density at radius 3 is 2.34 bits per heavy atom. The van der Waals surface area contributed by atoms with Crippen molar-refractivity contribution in [1.29, 1.82) is 0 Å². The number of methoxy groups -OCH3 is 2. The van der Waals surface area contributed by atoms with Crippen LogP contribution in [-0.4, -0.2) is 74.3 Å². The van der Waals surface area contributed by atoms with Crippen molar-refractivity contribution in [2.45, 2.75) is 63.6 Å². The minimum atomic E-state index is -1.50.